The highest BCUT2D eigenvalue weighted by Crippen LogP contribution is 2.47. The topological polar surface area (TPSA) is 125 Å². The zero-order valence-electron chi connectivity index (χ0n) is 17.3. The maximum absolute atomic E-state index is 12.7. The van der Waals surface area contributed by atoms with Gasteiger partial charge in [-0.3, -0.25) is 9.48 Å². The van der Waals surface area contributed by atoms with Crippen LogP contribution in [0, 0.1) is 12.8 Å². The Bertz CT molecular complexity index is 1330. The third kappa shape index (κ3) is 3.46. The molecule has 1 saturated carbocycles. The molecule has 4 aromatic rings. The summed E-state index contributed by atoms with van der Waals surface area (Å²) in [6.07, 6.45) is 6.25. The van der Waals surface area contributed by atoms with E-state index >= 15 is 0 Å². The largest absolute Gasteiger partial charge is 0.398 e. The summed E-state index contributed by atoms with van der Waals surface area (Å²) in [5.74, 6) is 1.00. The molecule has 1 aliphatic carbocycles. The van der Waals surface area contributed by atoms with Crippen LogP contribution >= 0.6 is 0 Å². The lowest BCUT2D eigenvalue weighted by Crippen LogP contribution is -2.15. The Morgan fingerprint density at radius 2 is 2.06 bits per heavy atom. The molecule has 8 heteroatoms. The van der Waals surface area contributed by atoms with Crippen LogP contribution in [0.5, 0.6) is 0 Å². The second kappa shape index (κ2) is 7.09. The van der Waals surface area contributed by atoms with Crippen molar-refractivity contribution in [2.24, 2.45) is 13.0 Å². The fourth-order valence-electron chi connectivity index (χ4n) is 4.01. The van der Waals surface area contributed by atoms with E-state index in [0.29, 0.717) is 17.3 Å². The first-order chi connectivity index (χ1) is 14.9. The van der Waals surface area contributed by atoms with Gasteiger partial charge in [-0.2, -0.15) is 5.10 Å². The van der Waals surface area contributed by atoms with Gasteiger partial charge in [0.25, 0.3) is 0 Å². The maximum atomic E-state index is 12.7. The molecular weight excluding hydrogens is 390 g/mol. The summed E-state index contributed by atoms with van der Waals surface area (Å²) in [6.45, 7) is 1.96. The minimum atomic E-state index is -0.0605. The number of nitrogen functional groups attached to an aromatic ring is 2. The number of hydrogen-bond acceptors (Lipinski definition) is 6. The summed E-state index contributed by atoms with van der Waals surface area (Å²) in [5.41, 5.74) is 16.7. The number of nitrogens with zero attached hydrogens (tertiary/aromatic N) is 4. The third-order valence-electron chi connectivity index (χ3n) is 5.93. The van der Waals surface area contributed by atoms with E-state index in [4.69, 9.17) is 11.5 Å². The Morgan fingerprint density at radius 1 is 1.23 bits per heavy atom. The van der Waals surface area contributed by atoms with Gasteiger partial charge in [0, 0.05) is 42.0 Å². The first kappa shape index (κ1) is 19.0. The molecule has 3 aromatic heterocycles. The predicted octanol–water partition coefficient (Wildman–Crippen LogP) is 3.25. The molecule has 5 N–H and O–H groups in total. The van der Waals surface area contributed by atoms with Crippen LogP contribution in [0.25, 0.3) is 22.0 Å². The van der Waals surface area contributed by atoms with Crippen molar-refractivity contribution in [1.29, 1.82) is 0 Å². The van der Waals surface area contributed by atoms with Crippen LogP contribution in [0.3, 0.4) is 0 Å². The zero-order valence-corrected chi connectivity index (χ0v) is 17.3. The molecule has 1 aliphatic rings. The van der Waals surface area contributed by atoms with Crippen LogP contribution in [0.15, 0.2) is 48.9 Å². The summed E-state index contributed by atoms with van der Waals surface area (Å²) < 4.78 is 1.76. The monoisotopic (exact) mass is 413 g/mol. The van der Waals surface area contributed by atoms with E-state index in [-0.39, 0.29) is 17.7 Å². The van der Waals surface area contributed by atoms with Crippen LogP contribution < -0.4 is 16.8 Å². The van der Waals surface area contributed by atoms with Gasteiger partial charge in [-0.15, -0.1) is 0 Å². The molecule has 1 amide bonds. The van der Waals surface area contributed by atoms with E-state index in [1.807, 2.05) is 56.7 Å². The third-order valence-corrected chi connectivity index (χ3v) is 5.93. The number of rotatable bonds is 4. The fourth-order valence-corrected chi connectivity index (χ4v) is 4.01. The SMILES string of the molecule is Cc1c(N)cccc1-c1cc2cc(NC(=O)[C@H]3C[C@@H]3c3cnn(C)c3)ncc2c(N)n1. The zero-order chi connectivity index (χ0) is 21.7. The molecule has 156 valence electrons. The standard InChI is InChI=1S/C23H23N7O/c1-12-15(4-3-5-19(12)24)20-6-13-7-21(26-10-18(13)22(25)28-20)29-23(31)17-8-16(17)14-9-27-30(2)11-14/h3-7,9-11,16-17H,8,24H2,1-2H3,(H2,25,28)(H,26,29,31)/t16-,17+/m1/s1. The van der Waals surface area contributed by atoms with E-state index < -0.39 is 0 Å². The molecule has 31 heavy (non-hydrogen) atoms. The van der Waals surface area contributed by atoms with Gasteiger partial charge in [-0.05, 0) is 54.0 Å². The minimum Gasteiger partial charge on any atom is -0.398 e. The fraction of sp³-hybridized carbons (Fsp3) is 0.217. The number of anilines is 3. The van der Waals surface area contributed by atoms with E-state index in [0.717, 1.165) is 39.6 Å². The van der Waals surface area contributed by atoms with Gasteiger partial charge < -0.3 is 16.8 Å². The number of amides is 1. The van der Waals surface area contributed by atoms with E-state index in [1.165, 1.54) is 0 Å². The second-order valence-corrected chi connectivity index (χ2v) is 8.09. The van der Waals surface area contributed by atoms with E-state index in [9.17, 15) is 4.79 Å². The van der Waals surface area contributed by atoms with Crippen LogP contribution in [0.2, 0.25) is 0 Å². The second-order valence-electron chi connectivity index (χ2n) is 8.09. The molecule has 0 spiro atoms. The first-order valence-electron chi connectivity index (χ1n) is 10.1. The Morgan fingerprint density at radius 3 is 2.84 bits per heavy atom. The molecular formula is C23H23N7O. The number of benzene rings is 1. The van der Waals surface area contributed by atoms with Gasteiger partial charge in [0.1, 0.15) is 11.6 Å². The Labute approximate surface area is 179 Å². The lowest BCUT2D eigenvalue weighted by molar-refractivity contribution is -0.117. The number of carbonyl (C=O) groups is 1. The molecule has 0 saturated heterocycles. The molecule has 3 heterocycles. The predicted molar refractivity (Wildman–Crippen MR) is 121 cm³/mol. The van der Waals surface area contributed by atoms with Crippen LogP contribution in [-0.4, -0.2) is 25.7 Å². The molecule has 2 atom stereocenters. The van der Waals surface area contributed by atoms with Crippen LogP contribution in [0.1, 0.15) is 23.5 Å². The van der Waals surface area contributed by atoms with Crippen LogP contribution in [-0.2, 0) is 11.8 Å². The van der Waals surface area contributed by atoms with Gasteiger partial charge >= 0.3 is 0 Å². The summed E-state index contributed by atoms with van der Waals surface area (Å²) in [6, 6.07) is 9.50. The number of nitrogens with one attached hydrogen (secondary N) is 1. The Hall–Kier alpha value is -3.94. The quantitative estimate of drug-likeness (QED) is 0.441. The molecule has 8 nitrogen and oxygen atoms in total. The van der Waals surface area contributed by atoms with E-state index in [2.05, 4.69) is 20.4 Å². The number of carbonyl (C=O) groups excluding carboxylic acids is 1. The highest BCUT2D eigenvalue weighted by Gasteiger charge is 2.44. The molecule has 1 fully saturated rings. The maximum Gasteiger partial charge on any atom is 0.229 e. The van der Waals surface area contributed by atoms with Crippen molar-refractivity contribution in [3.63, 3.8) is 0 Å². The smallest absolute Gasteiger partial charge is 0.229 e. The van der Waals surface area contributed by atoms with Crippen molar-refractivity contribution in [3.05, 3.63) is 60.0 Å². The van der Waals surface area contributed by atoms with Gasteiger partial charge in [-0.25, -0.2) is 9.97 Å². The number of hydrogen-bond donors (Lipinski definition) is 3. The number of pyridine rings is 2. The summed E-state index contributed by atoms with van der Waals surface area (Å²) in [4.78, 5) is 21.6. The molecule has 0 aliphatic heterocycles. The Balaban J connectivity index is 1.42. The average Bonchev–Trinajstić information content (AvgIpc) is 3.43. The molecule has 0 bridgehead atoms. The highest BCUT2D eigenvalue weighted by molar-refractivity contribution is 5.99. The van der Waals surface area contributed by atoms with Gasteiger partial charge in [-0.1, -0.05) is 12.1 Å². The average molecular weight is 413 g/mol. The van der Waals surface area contributed by atoms with Crippen molar-refractivity contribution in [2.45, 2.75) is 19.3 Å². The van der Waals surface area contributed by atoms with Crippen molar-refractivity contribution in [1.82, 2.24) is 19.7 Å². The molecule has 5 rings (SSSR count). The van der Waals surface area contributed by atoms with Crippen molar-refractivity contribution >= 4 is 34.0 Å². The molecule has 1 aromatic carbocycles. The number of aryl methyl sites for hydroxylation is 1. The van der Waals surface area contributed by atoms with Gasteiger partial charge in [0.05, 0.1) is 11.9 Å². The van der Waals surface area contributed by atoms with Crippen molar-refractivity contribution < 1.29 is 4.79 Å². The van der Waals surface area contributed by atoms with Crippen molar-refractivity contribution in [3.8, 4) is 11.3 Å². The summed E-state index contributed by atoms with van der Waals surface area (Å²) in [7, 11) is 1.88. The minimum absolute atomic E-state index is 0.0327. The van der Waals surface area contributed by atoms with Gasteiger partial charge in [0.15, 0.2) is 0 Å². The lowest BCUT2D eigenvalue weighted by Gasteiger charge is -2.11. The first-order valence-corrected chi connectivity index (χ1v) is 10.1. The normalized spacial score (nSPS) is 17.6. The number of fused-ring (bicyclic) bond motifs is 1. The van der Waals surface area contributed by atoms with E-state index in [1.54, 1.807) is 10.9 Å². The van der Waals surface area contributed by atoms with Crippen LogP contribution in [0.4, 0.5) is 17.3 Å². The number of aromatic nitrogens is 4. The molecule has 0 radical (unpaired) electrons. The lowest BCUT2D eigenvalue weighted by atomic mass is 10.0. The summed E-state index contributed by atoms with van der Waals surface area (Å²) >= 11 is 0. The molecule has 0 unspecified atom stereocenters. The summed E-state index contributed by atoms with van der Waals surface area (Å²) in [5, 5.41) is 8.73. The number of nitrogens with two attached hydrogens (primary N) is 2. The van der Waals surface area contributed by atoms with Crippen molar-refractivity contribution in [2.75, 3.05) is 16.8 Å². The Kier molecular flexibility index (Phi) is 4.35. The highest BCUT2D eigenvalue weighted by atomic mass is 16.2. The van der Waals surface area contributed by atoms with Gasteiger partial charge in [0.2, 0.25) is 5.91 Å².